The average Bonchev–Trinajstić information content (AvgIpc) is 2.95. The smallest absolute Gasteiger partial charge is 0.168 e. The number of hydrogen-bond acceptors (Lipinski definition) is 5. The first-order valence-electron chi connectivity index (χ1n) is 9.41. The minimum atomic E-state index is -0.655. The van der Waals surface area contributed by atoms with E-state index in [0.29, 0.717) is 25.6 Å². The fourth-order valence-corrected chi connectivity index (χ4v) is 3.86. The van der Waals surface area contributed by atoms with Gasteiger partial charge in [-0.1, -0.05) is 19.8 Å². The van der Waals surface area contributed by atoms with E-state index in [9.17, 15) is 5.11 Å². The van der Waals surface area contributed by atoms with E-state index in [1.165, 1.54) is 12.8 Å². The number of unbranched alkanes of at least 4 members (excludes halogenated alkanes) is 2. The summed E-state index contributed by atoms with van der Waals surface area (Å²) in [5.74, 6) is 0.00435. The van der Waals surface area contributed by atoms with Crippen LogP contribution in [0.2, 0.25) is 0 Å². The second-order valence-corrected chi connectivity index (χ2v) is 7.24. The van der Waals surface area contributed by atoms with E-state index < -0.39 is 12.1 Å². The Morgan fingerprint density at radius 2 is 1.87 bits per heavy atom. The lowest BCUT2D eigenvalue weighted by Crippen LogP contribution is -2.40. The van der Waals surface area contributed by atoms with Crippen LogP contribution in [0, 0.1) is 5.92 Å². The number of hydrogen-bond donors (Lipinski definition) is 2. The summed E-state index contributed by atoms with van der Waals surface area (Å²) in [5, 5.41) is 9.85. The van der Waals surface area contributed by atoms with Crippen molar-refractivity contribution in [3.05, 3.63) is 0 Å². The molecule has 0 saturated carbocycles. The summed E-state index contributed by atoms with van der Waals surface area (Å²) in [6.07, 6.45) is 8.17. The highest BCUT2D eigenvalue weighted by Gasteiger charge is 2.37. The number of aliphatic hydroxyl groups is 1. The molecule has 2 aliphatic heterocycles. The third-order valence-electron chi connectivity index (χ3n) is 5.25. The topological polar surface area (TPSA) is 73.9 Å². The lowest BCUT2D eigenvalue weighted by Gasteiger charge is -2.34. The molecule has 0 aromatic carbocycles. The van der Waals surface area contributed by atoms with Crippen LogP contribution in [0.3, 0.4) is 0 Å². The zero-order valence-electron chi connectivity index (χ0n) is 14.8. The molecule has 2 aliphatic rings. The molecule has 5 nitrogen and oxygen atoms in total. The quantitative estimate of drug-likeness (QED) is 0.703. The van der Waals surface area contributed by atoms with Crippen LogP contribution in [0.5, 0.6) is 0 Å². The molecule has 136 valence electrons. The summed E-state index contributed by atoms with van der Waals surface area (Å²) in [4.78, 5) is 0. The van der Waals surface area contributed by atoms with Gasteiger partial charge in [0.25, 0.3) is 0 Å². The first-order chi connectivity index (χ1) is 11.0. The monoisotopic (exact) mass is 329 g/mol. The van der Waals surface area contributed by atoms with Gasteiger partial charge in [0.2, 0.25) is 0 Å². The first-order valence-corrected chi connectivity index (χ1v) is 9.41. The van der Waals surface area contributed by atoms with E-state index >= 15 is 0 Å². The maximum Gasteiger partial charge on any atom is 0.168 e. The minimum Gasteiger partial charge on any atom is -0.368 e. The number of ether oxygens (including phenoxy) is 3. The van der Waals surface area contributed by atoms with Crippen LogP contribution in [-0.2, 0) is 14.2 Å². The second-order valence-electron chi connectivity index (χ2n) is 7.24. The molecule has 4 atom stereocenters. The fourth-order valence-electron chi connectivity index (χ4n) is 3.86. The number of aliphatic hydroxyl groups excluding tert-OH is 1. The predicted molar refractivity (Wildman–Crippen MR) is 89.9 cm³/mol. The summed E-state index contributed by atoms with van der Waals surface area (Å²) < 4.78 is 17.4. The van der Waals surface area contributed by atoms with Crippen molar-refractivity contribution in [1.29, 1.82) is 0 Å². The molecule has 0 aliphatic carbocycles. The standard InChI is InChI=1S/C18H35NO4/c1-3-4-5-9-18(21-11-12-22-18)10-8-15-6-7-17(20)23-14(2)13-16(15)19/h14-17,20H,3-13,19H2,1-2H3/t14-,15+,16-,17?/m1/s1. The molecule has 0 aromatic rings. The summed E-state index contributed by atoms with van der Waals surface area (Å²) in [6.45, 7) is 5.60. The van der Waals surface area contributed by atoms with Crippen molar-refractivity contribution >= 4 is 0 Å². The van der Waals surface area contributed by atoms with Gasteiger partial charge in [-0.05, 0) is 44.9 Å². The van der Waals surface area contributed by atoms with Gasteiger partial charge in [-0.25, -0.2) is 0 Å². The molecule has 0 aromatic heterocycles. The first kappa shape index (κ1) is 19.1. The van der Waals surface area contributed by atoms with Gasteiger partial charge in [0.05, 0.1) is 19.3 Å². The Labute approximate surface area is 140 Å². The van der Waals surface area contributed by atoms with Crippen LogP contribution in [0.1, 0.15) is 71.6 Å². The van der Waals surface area contributed by atoms with Crippen LogP contribution in [-0.4, -0.2) is 42.5 Å². The van der Waals surface area contributed by atoms with E-state index in [2.05, 4.69) is 6.92 Å². The highest BCUT2D eigenvalue weighted by Crippen LogP contribution is 2.34. The largest absolute Gasteiger partial charge is 0.368 e. The minimum absolute atomic E-state index is 0.0142. The second kappa shape index (κ2) is 9.33. The van der Waals surface area contributed by atoms with Crippen LogP contribution >= 0.6 is 0 Å². The Hall–Kier alpha value is -0.200. The SMILES string of the molecule is CCCCCC1(CC[C@@H]2CCC(O)O[C@H](C)C[C@H]2N)OCCO1. The molecule has 2 fully saturated rings. The Bertz CT molecular complexity index is 333. The Morgan fingerprint density at radius 3 is 2.57 bits per heavy atom. The maximum atomic E-state index is 9.85. The molecule has 0 amide bonds. The van der Waals surface area contributed by atoms with Gasteiger partial charge in [-0.2, -0.15) is 0 Å². The summed E-state index contributed by atoms with van der Waals surface area (Å²) in [6, 6.07) is 0.117. The van der Waals surface area contributed by atoms with Gasteiger partial charge in [0.1, 0.15) is 0 Å². The van der Waals surface area contributed by atoms with Crippen molar-refractivity contribution < 1.29 is 19.3 Å². The Morgan fingerprint density at radius 1 is 1.13 bits per heavy atom. The van der Waals surface area contributed by atoms with Crippen molar-refractivity contribution in [3.8, 4) is 0 Å². The van der Waals surface area contributed by atoms with Gasteiger partial charge >= 0.3 is 0 Å². The van der Waals surface area contributed by atoms with Crippen LogP contribution in [0.4, 0.5) is 0 Å². The predicted octanol–water partition coefficient (Wildman–Crippen LogP) is 2.94. The molecule has 0 radical (unpaired) electrons. The maximum absolute atomic E-state index is 9.85. The Balaban J connectivity index is 1.87. The summed E-state index contributed by atoms with van der Waals surface area (Å²) in [7, 11) is 0. The molecule has 0 bridgehead atoms. The lowest BCUT2D eigenvalue weighted by molar-refractivity contribution is -0.172. The van der Waals surface area contributed by atoms with Crippen LogP contribution < -0.4 is 5.73 Å². The van der Waals surface area contributed by atoms with Crippen molar-refractivity contribution in [3.63, 3.8) is 0 Å². The van der Waals surface area contributed by atoms with Crippen molar-refractivity contribution in [2.24, 2.45) is 11.7 Å². The lowest BCUT2D eigenvalue weighted by atomic mass is 9.84. The fraction of sp³-hybridized carbons (Fsp3) is 1.00. The molecule has 5 heteroatoms. The van der Waals surface area contributed by atoms with E-state index in [1.54, 1.807) is 0 Å². The van der Waals surface area contributed by atoms with Crippen molar-refractivity contribution in [2.75, 3.05) is 13.2 Å². The van der Waals surface area contributed by atoms with E-state index in [0.717, 1.165) is 38.5 Å². The van der Waals surface area contributed by atoms with Gasteiger partial charge in [-0.15, -0.1) is 0 Å². The Kier molecular flexibility index (Phi) is 7.76. The summed E-state index contributed by atoms with van der Waals surface area (Å²) in [5.41, 5.74) is 6.39. The normalized spacial score (nSPS) is 35.0. The molecule has 2 heterocycles. The highest BCUT2D eigenvalue weighted by atomic mass is 16.7. The number of nitrogens with two attached hydrogens (primary N) is 1. The molecule has 3 N–H and O–H groups in total. The molecular weight excluding hydrogens is 294 g/mol. The van der Waals surface area contributed by atoms with E-state index in [-0.39, 0.29) is 12.1 Å². The summed E-state index contributed by atoms with van der Waals surface area (Å²) >= 11 is 0. The molecule has 2 saturated heterocycles. The number of rotatable bonds is 7. The third-order valence-corrected chi connectivity index (χ3v) is 5.25. The van der Waals surface area contributed by atoms with Gasteiger partial charge in [0, 0.05) is 18.9 Å². The van der Waals surface area contributed by atoms with Crippen LogP contribution in [0.25, 0.3) is 0 Å². The van der Waals surface area contributed by atoms with Gasteiger partial charge < -0.3 is 25.1 Å². The zero-order valence-corrected chi connectivity index (χ0v) is 14.8. The molecule has 2 rings (SSSR count). The molecule has 23 heavy (non-hydrogen) atoms. The molecular formula is C18H35NO4. The van der Waals surface area contributed by atoms with E-state index in [1.807, 2.05) is 6.92 Å². The average molecular weight is 329 g/mol. The highest BCUT2D eigenvalue weighted by molar-refractivity contribution is 4.82. The van der Waals surface area contributed by atoms with Gasteiger partial charge in [-0.3, -0.25) is 0 Å². The van der Waals surface area contributed by atoms with Crippen molar-refractivity contribution in [1.82, 2.24) is 0 Å². The third kappa shape index (κ3) is 5.98. The van der Waals surface area contributed by atoms with Crippen molar-refractivity contribution in [2.45, 2.75) is 95.9 Å². The van der Waals surface area contributed by atoms with Gasteiger partial charge in [0.15, 0.2) is 12.1 Å². The zero-order chi connectivity index (χ0) is 16.7. The van der Waals surface area contributed by atoms with Crippen LogP contribution in [0.15, 0.2) is 0 Å². The molecule has 1 unspecified atom stereocenters. The van der Waals surface area contributed by atoms with E-state index in [4.69, 9.17) is 19.9 Å². The molecule has 0 spiro atoms.